The van der Waals surface area contributed by atoms with Gasteiger partial charge in [0.05, 0.1) is 6.61 Å². The number of rotatable bonds is 8. The van der Waals surface area contributed by atoms with Crippen molar-refractivity contribution in [3.63, 3.8) is 0 Å². The predicted octanol–water partition coefficient (Wildman–Crippen LogP) is 2.22. The lowest BCUT2D eigenvalue weighted by atomic mass is 10.1. The van der Waals surface area contributed by atoms with Crippen LogP contribution in [0.3, 0.4) is 0 Å². The van der Waals surface area contributed by atoms with Crippen LogP contribution in [0, 0.1) is 5.92 Å². The fourth-order valence-corrected chi connectivity index (χ4v) is 3.12. The number of hydrogen-bond acceptors (Lipinski definition) is 3. The number of benzene rings is 1. The Labute approximate surface area is 143 Å². The Bertz CT molecular complexity index is 551. The lowest BCUT2D eigenvalue weighted by Crippen LogP contribution is -2.37. The third-order valence-electron chi connectivity index (χ3n) is 4.68. The second-order valence-electron chi connectivity index (χ2n) is 6.73. The summed E-state index contributed by atoms with van der Waals surface area (Å²) in [4.78, 5) is 26.5. The molecule has 1 aliphatic heterocycles. The van der Waals surface area contributed by atoms with Crippen LogP contribution in [0.2, 0.25) is 0 Å². The minimum absolute atomic E-state index is 0.0785. The van der Waals surface area contributed by atoms with E-state index in [2.05, 4.69) is 10.2 Å². The smallest absolute Gasteiger partial charge is 0.251 e. The van der Waals surface area contributed by atoms with E-state index in [4.69, 9.17) is 4.74 Å². The lowest BCUT2D eigenvalue weighted by molar-refractivity contribution is -0.132. The molecule has 3 rings (SSSR count). The zero-order valence-corrected chi connectivity index (χ0v) is 14.1. The summed E-state index contributed by atoms with van der Waals surface area (Å²) in [6.45, 7) is 2.97. The van der Waals surface area contributed by atoms with E-state index < -0.39 is 0 Å². The molecule has 1 aliphatic carbocycles. The fraction of sp³-hybridized carbons (Fsp3) is 0.579. The molecule has 2 amide bonds. The van der Waals surface area contributed by atoms with Crippen LogP contribution < -0.4 is 5.32 Å². The van der Waals surface area contributed by atoms with Gasteiger partial charge < -0.3 is 15.0 Å². The zero-order valence-electron chi connectivity index (χ0n) is 14.1. The van der Waals surface area contributed by atoms with E-state index in [0.717, 1.165) is 39.0 Å². The Morgan fingerprint density at radius 3 is 2.62 bits per heavy atom. The van der Waals surface area contributed by atoms with Gasteiger partial charge in [-0.3, -0.25) is 9.59 Å². The summed E-state index contributed by atoms with van der Waals surface area (Å²) >= 11 is 0. The van der Waals surface area contributed by atoms with Gasteiger partial charge in [0, 0.05) is 43.6 Å². The van der Waals surface area contributed by atoms with Gasteiger partial charge in [-0.1, -0.05) is 18.2 Å². The SMILES string of the molecule is O=C(NCCCC(=O)N(CC1CCOC1)C1CC1)c1ccccc1. The van der Waals surface area contributed by atoms with Crippen molar-refractivity contribution in [3.05, 3.63) is 35.9 Å². The van der Waals surface area contributed by atoms with Crippen molar-refractivity contribution in [3.8, 4) is 0 Å². The number of carbonyl (C=O) groups is 2. The standard InChI is InChI=1S/C19H26N2O3/c22-18(21(17-8-9-17)13-15-10-12-24-14-15)7-4-11-20-19(23)16-5-2-1-3-6-16/h1-3,5-6,15,17H,4,7-14H2,(H,20,23). The molecule has 0 spiro atoms. The van der Waals surface area contributed by atoms with E-state index in [-0.39, 0.29) is 11.8 Å². The van der Waals surface area contributed by atoms with Crippen molar-refractivity contribution in [2.75, 3.05) is 26.3 Å². The van der Waals surface area contributed by atoms with Gasteiger partial charge in [0.1, 0.15) is 0 Å². The molecule has 5 nitrogen and oxygen atoms in total. The van der Waals surface area contributed by atoms with Crippen LogP contribution in [-0.2, 0) is 9.53 Å². The van der Waals surface area contributed by atoms with E-state index in [1.807, 2.05) is 18.2 Å². The molecule has 2 fully saturated rings. The maximum atomic E-state index is 12.5. The Morgan fingerprint density at radius 2 is 1.96 bits per heavy atom. The maximum Gasteiger partial charge on any atom is 0.251 e. The van der Waals surface area contributed by atoms with E-state index >= 15 is 0 Å². The quantitative estimate of drug-likeness (QED) is 0.744. The molecule has 1 atom stereocenters. The van der Waals surface area contributed by atoms with Gasteiger partial charge in [0.15, 0.2) is 0 Å². The molecule has 5 heteroatoms. The molecular formula is C19H26N2O3. The van der Waals surface area contributed by atoms with Crippen LogP contribution in [0.4, 0.5) is 0 Å². The Hall–Kier alpha value is -1.88. The van der Waals surface area contributed by atoms with Crippen molar-refractivity contribution >= 4 is 11.8 Å². The highest BCUT2D eigenvalue weighted by Crippen LogP contribution is 2.29. The number of nitrogens with zero attached hydrogens (tertiary/aromatic N) is 1. The molecule has 1 aromatic rings. The Morgan fingerprint density at radius 1 is 1.17 bits per heavy atom. The van der Waals surface area contributed by atoms with E-state index in [1.54, 1.807) is 12.1 Å². The first-order valence-electron chi connectivity index (χ1n) is 8.94. The molecule has 1 saturated carbocycles. The third-order valence-corrected chi connectivity index (χ3v) is 4.68. The summed E-state index contributed by atoms with van der Waals surface area (Å²) in [6.07, 6.45) is 4.50. The van der Waals surface area contributed by atoms with Gasteiger partial charge in [0.25, 0.3) is 5.91 Å². The minimum Gasteiger partial charge on any atom is -0.381 e. The first-order chi connectivity index (χ1) is 11.7. The fourth-order valence-electron chi connectivity index (χ4n) is 3.12. The molecule has 0 radical (unpaired) electrons. The summed E-state index contributed by atoms with van der Waals surface area (Å²) in [5.41, 5.74) is 0.657. The van der Waals surface area contributed by atoms with Crippen LogP contribution in [0.5, 0.6) is 0 Å². The molecule has 1 heterocycles. The van der Waals surface area contributed by atoms with Crippen LogP contribution in [-0.4, -0.2) is 49.1 Å². The number of carbonyl (C=O) groups excluding carboxylic acids is 2. The second kappa shape index (κ2) is 8.29. The van der Waals surface area contributed by atoms with Gasteiger partial charge in [-0.05, 0) is 37.8 Å². The summed E-state index contributed by atoms with van der Waals surface area (Å²) in [7, 11) is 0. The summed E-state index contributed by atoms with van der Waals surface area (Å²) in [6, 6.07) is 9.60. The van der Waals surface area contributed by atoms with Gasteiger partial charge in [-0.15, -0.1) is 0 Å². The molecule has 24 heavy (non-hydrogen) atoms. The molecule has 1 aromatic carbocycles. The van der Waals surface area contributed by atoms with Gasteiger partial charge in [-0.25, -0.2) is 0 Å². The van der Waals surface area contributed by atoms with Crippen LogP contribution >= 0.6 is 0 Å². The first kappa shape index (κ1) is 17.0. The van der Waals surface area contributed by atoms with Crippen molar-refractivity contribution in [1.29, 1.82) is 0 Å². The number of hydrogen-bond donors (Lipinski definition) is 1. The highest BCUT2D eigenvalue weighted by Gasteiger charge is 2.34. The maximum absolute atomic E-state index is 12.5. The average Bonchev–Trinajstić information content (AvgIpc) is 3.32. The zero-order chi connectivity index (χ0) is 16.8. The van der Waals surface area contributed by atoms with Crippen molar-refractivity contribution in [1.82, 2.24) is 10.2 Å². The molecule has 0 aromatic heterocycles. The predicted molar refractivity (Wildman–Crippen MR) is 91.7 cm³/mol. The Kier molecular flexibility index (Phi) is 5.86. The monoisotopic (exact) mass is 330 g/mol. The molecule has 1 saturated heterocycles. The molecule has 0 bridgehead atoms. The minimum atomic E-state index is -0.0785. The number of nitrogens with one attached hydrogen (secondary N) is 1. The van der Waals surface area contributed by atoms with Crippen LogP contribution in [0.25, 0.3) is 0 Å². The molecule has 2 aliphatic rings. The van der Waals surface area contributed by atoms with Gasteiger partial charge >= 0.3 is 0 Å². The van der Waals surface area contributed by atoms with Crippen LogP contribution in [0.1, 0.15) is 42.5 Å². The second-order valence-corrected chi connectivity index (χ2v) is 6.73. The molecule has 1 N–H and O–H groups in total. The highest BCUT2D eigenvalue weighted by molar-refractivity contribution is 5.94. The third kappa shape index (κ3) is 4.81. The first-order valence-corrected chi connectivity index (χ1v) is 8.94. The highest BCUT2D eigenvalue weighted by atomic mass is 16.5. The normalized spacial score (nSPS) is 19.9. The Balaban J connectivity index is 1.38. The largest absolute Gasteiger partial charge is 0.381 e. The summed E-state index contributed by atoms with van der Waals surface area (Å²) < 4.78 is 5.42. The van der Waals surface area contributed by atoms with Crippen molar-refractivity contribution in [2.45, 2.75) is 38.1 Å². The van der Waals surface area contributed by atoms with E-state index in [0.29, 0.717) is 36.9 Å². The summed E-state index contributed by atoms with van der Waals surface area (Å²) in [5, 5.41) is 2.88. The van der Waals surface area contributed by atoms with Gasteiger partial charge in [0.2, 0.25) is 5.91 Å². The lowest BCUT2D eigenvalue weighted by Gasteiger charge is -2.25. The number of amides is 2. The average molecular weight is 330 g/mol. The molecule has 130 valence electrons. The van der Waals surface area contributed by atoms with Crippen LogP contribution in [0.15, 0.2) is 30.3 Å². The van der Waals surface area contributed by atoms with E-state index in [1.165, 1.54) is 0 Å². The summed E-state index contributed by atoms with van der Waals surface area (Å²) in [5.74, 6) is 0.635. The van der Waals surface area contributed by atoms with E-state index in [9.17, 15) is 9.59 Å². The van der Waals surface area contributed by atoms with Gasteiger partial charge in [-0.2, -0.15) is 0 Å². The van der Waals surface area contributed by atoms with Crippen molar-refractivity contribution < 1.29 is 14.3 Å². The number of ether oxygens (including phenoxy) is 1. The molecular weight excluding hydrogens is 304 g/mol. The van der Waals surface area contributed by atoms with Crippen molar-refractivity contribution in [2.24, 2.45) is 5.92 Å². The molecule has 1 unspecified atom stereocenters. The topological polar surface area (TPSA) is 58.6 Å².